The second kappa shape index (κ2) is 6.37. The molecule has 0 unspecified atom stereocenters. The molecular formula is C12H12Cl2N2O7S. The average molecular weight is 399 g/mol. The van der Waals surface area contributed by atoms with Crippen molar-refractivity contribution in [1.29, 1.82) is 0 Å². The number of anilines is 1. The predicted octanol–water partition coefficient (Wildman–Crippen LogP) is 1.23. The van der Waals surface area contributed by atoms with Crippen LogP contribution in [-0.4, -0.2) is 49.9 Å². The van der Waals surface area contributed by atoms with Crippen molar-refractivity contribution in [2.24, 2.45) is 0 Å². The van der Waals surface area contributed by atoms with Crippen LogP contribution in [0, 0.1) is 0 Å². The quantitative estimate of drug-likeness (QED) is 0.728. The van der Waals surface area contributed by atoms with E-state index in [1.807, 2.05) is 0 Å². The van der Waals surface area contributed by atoms with Gasteiger partial charge in [-0.25, -0.2) is 13.2 Å². The van der Waals surface area contributed by atoms with E-state index < -0.39 is 38.9 Å². The van der Waals surface area contributed by atoms with E-state index in [9.17, 15) is 23.2 Å². The molecule has 0 radical (unpaired) electrons. The number of ether oxygens (including phenoxy) is 2. The highest BCUT2D eigenvalue weighted by molar-refractivity contribution is 7.89. The van der Waals surface area contributed by atoms with E-state index >= 15 is 0 Å². The lowest BCUT2D eigenvalue weighted by atomic mass is 10.1. The van der Waals surface area contributed by atoms with Crippen LogP contribution in [0.25, 0.3) is 0 Å². The van der Waals surface area contributed by atoms with Crippen LogP contribution in [0.3, 0.4) is 0 Å². The molecule has 1 atom stereocenters. The largest absolute Gasteiger partial charge is 0.469 e. The number of rotatable bonds is 3. The monoisotopic (exact) mass is 398 g/mol. The van der Waals surface area contributed by atoms with Crippen LogP contribution in [-0.2, 0) is 29.1 Å². The first-order valence-corrected chi connectivity index (χ1v) is 8.46. The summed E-state index contributed by atoms with van der Waals surface area (Å²) < 4.78 is 33.8. The lowest BCUT2D eigenvalue weighted by molar-refractivity contribution is -0.174. The van der Waals surface area contributed by atoms with Gasteiger partial charge in [-0.3, -0.25) is 10.0 Å². The first-order valence-electron chi connectivity index (χ1n) is 6.27. The fraction of sp³-hybridized carbons (Fsp3) is 0.333. The molecule has 9 nitrogen and oxygen atoms in total. The van der Waals surface area contributed by atoms with Gasteiger partial charge in [0, 0.05) is 0 Å². The van der Waals surface area contributed by atoms with Crippen molar-refractivity contribution in [3.8, 4) is 0 Å². The fourth-order valence-corrected chi connectivity index (χ4v) is 4.00. The molecular weight excluding hydrogens is 387 g/mol. The highest BCUT2D eigenvalue weighted by Gasteiger charge is 2.57. The van der Waals surface area contributed by atoms with Crippen LogP contribution >= 0.6 is 23.2 Å². The van der Waals surface area contributed by atoms with E-state index in [1.54, 1.807) is 0 Å². The molecule has 2 rings (SSSR count). The summed E-state index contributed by atoms with van der Waals surface area (Å²) in [6.07, 6.45) is -0.856. The molecule has 12 heteroatoms. The van der Waals surface area contributed by atoms with Gasteiger partial charge in [-0.15, -0.1) is 0 Å². The minimum Gasteiger partial charge on any atom is -0.469 e. The number of nitrogens with zero attached hydrogens (tertiary/aromatic N) is 1. The molecule has 1 aromatic carbocycles. The number of carbonyl (C=O) groups excluding carboxylic acids is 2. The molecule has 0 saturated heterocycles. The van der Waals surface area contributed by atoms with Crippen molar-refractivity contribution < 1.29 is 32.7 Å². The van der Waals surface area contributed by atoms with Gasteiger partial charge in [0.05, 0.1) is 36.4 Å². The standard InChI is InChI=1S/C12H12Cl2N2O7S/c1-22-10(17)5-12(11(18)23-2)15-8-3-6(13)7(14)4-9(8)24(20,21)16(12)19/h3-4,15,19H,5H2,1-2H3/t12-/m0/s1. The van der Waals surface area contributed by atoms with Crippen molar-refractivity contribution >= 4 is 50.9 Å². The van der Waals surface area contributed by atoms with Crippen LogP contribution in [0.4, 0.5) is 5.69 Å². The van der Waals surface area contributed by atoms with Crippen LogP contribution in [0.15, 0.2) is 17.0 Å². The van der Waals surface area contributed by atoms with Gasteiger partial charge in [-0.05, 0) is 16.6 Å². The van der Waals surface area contributed by atoms with E-state index in [0.29, 0.717) is 0 Å². The van der Waals surface area contributed by atoms with Crippen molar-refractivity contribution in [1.82, 2.24) is 4.47 Å². The molecule has 132 valence electrons. The Morgan fingerprint density at radius 3 is 2.38 bits per heavy atom. The van der Waals surface area contributed by atoms with Gasteiger partial charge in [-0.1, -0.05) is 23.2 Å². The number of methoxy groups -OCH3 is 2. The van der Waals surface area contributed by atoms with E-state index in [0.717, 1.165) is 26.4 Å². The summed E-state index contributed by atoms with van der Waals surface area (Å²) in [7, 11) is -2.60. The molecule has 0 saturated carbocycles. The van der Waals surface area contributed by atoms with Crippen LogP contribution in [0.1, 0.15) is 6.42 Å². The second-order valence-corrected chi connectivity index (χ2v) is 7.29. The third-order valence-corrected chi connectivity index (χ3v) is 5.73. The maximum atomic E-state index is 12.5. The van der Waals surface area contributed by atoms with E-state index in [1.165, 1.54) is 0 Å². The zero-order valence-corrected chi connectivity index (χ0v) is 14.7. The zero-order chi connectivity index (χ0) is 18.3. The summed E-state index contributed by atoms with van der Waals surface area (Å²) in [5.74, 6) is -2.19. The lowest BCUT2D eigenvalue weighted by Gasteiger charge is -2.40. The average Bonchev–Trinajstić information content (AvgIpc) is 2.54. The fourth-order valence-electron chi connectivity index (χ4n) is 2.17. The normalized spacial score (nSPS) is 22.2. The summed E-state index contributed by atoms with van der Waals surface area (Å²) >= 11 is 11.7. The van der Waals surface area contributed by atoms with Gasteiger partial charge < -0.3 is 14.8 Å². The first kappa shape index (κ1) is 18.7. The Morgan fingerprint density at radius 1 is 1.25 bits per heavy atom. The molecule has 24 heavy (non-hydrogen) atoms. The Hall–Kier alpha value is -1.59. The maximum absolute atomic E-state index is 12.5. The number of hydrogen-bond acceptors (Lipinski definition) is 8. The molecule has 1 aliphatic heterocycles. The number of esters is 2. The summed E-state index contributed by atoms with van der Waals surface area (Å²) in [6, 6.07) is 2.16. The summed E-state index contributed by atoms with van der Waals surface area (Å²) in [5, 5.41) is 12.6. The van der Waals surface area contributed by atoms with E-state index in [2.05, 4.69) is 14.8 Å². The molecule has 2 N–H and O–H groups in total. The molecule has 1 heterocycles. The molecule has 0 fully saturated rings. The summed E-state index contributed by atoms with van der Waals surface area (Å²) in [6.45, 7) is 0. The highest BCUT2D eigenvalue weighted by atomic mass is 35.5. The number of hydrogen-bond donors (Lipinski definition) is 2. The highest BCUT2D eigenvalue weighted by Crippen LogP contribution is 2.41. The third-order valence-electron chi connectivity index (χ3n) is 3.35. The van der Waals surface area contributed by atoms with Gasteiger partial charge in [0.2, 0.25) is 5.66 Å². The smallest absolute Gasteiger partial charge is 0.351 e. The molecule has 0 amide bonds. The Morgan fingerprint density at radius 2 is 1.83 bits per heavy atom. The van der Waals surface area contributed by atoms with Crippen molar-refractivity contribution in [2.75, 3.05) is 19.5 Å². The van der Waals surface area contributed by atoms with Crippen molar-refractivity contribution in [3.63, 3.8) is 0 Å². The minimum absolute atomic E-state index is 0.00124. The molecule has 0 bridgehead atoms. The van der Waals surface area contributed by atoms with Crippen LogP contribution in [0.5, 0.6) is 0 Å². The second-order valence-electron chi connectivity index (χ2n) is 4.74. The minimum atomic E-state index is -4.60. The van der Waals surface area contributed by atoms with Gasteiger partial charge >= 0.3 is 11.9 Å². The molecule has 1 aromatic rings. The Kier molecular flexibility index (Phi) is 4.98. The molecule has 0 aromatic heterocycles. The van der Waals surface area contributed by atoms with E-state index in [-0.39, 0.29) is 20.2 Å². The number of halogens is 2. The van der Waals surface area contributed by atoms with Gasteiger partial charge in [0.1, 0.15) is 4.90 Å². The third kappa shape index (κ3) is 2.80. The predicted molar refractivity (Wildman–Crippen MR) is 82.3 cm³/mol. The number of sulfonamides is 1. The Labute approximate surface area is 147 Å². The Bertz CT molecular complexity index is 814. The van der Waals surface area contributed by atoms with E-state index in [4.69, 9.17) is 23.2 Å². The molecule has 1 aliphatic rings. The van der Waals surface area contributed by atoms with Gasteiger partial charge in [0.15, 0.2) is 0 Å². The summed E-state index contributed by atoms with van der Waals surface area (Å²) in [4.78, 5) is 23.4. The number of carbonyl (C=O) groups is 2. The number of nitrogens with one attached hydrogen (secondary N) is 1. The summed E-state index contributed by atoms with van der Waals surface area (Å²) in [5.41, 5.74) is -2.59. The SMILES string of the molecule is COC(=O)C[C@]1(C(=O)OC)Nc2cc(Cl)c(Cl)cc2S(=O)(=O)N1O. The van der Waals surface area contributed by atoms with Gasteiger partial charge in [0.25, 0.3) is 10.0 Å². The van der Waals surface area contributed by atoms with Crippen LogP contribution in [0.2, 0.25) is 10.0 Å². The molecule has 0 aliphatic carbocycles. The number of benzene rings is 1. The lowest BCUT2D eigenvalue weighted by Crippen LogP contribution is -2.64. The Balaban J connectivity index is 2.73. The number of fused-ring (bicyclic) bond motifs is 1. The first-order chi connectivity index (χ1) is 11.1. The maximum Gasteiger partial charge on any atom is 0.351 e. The van der Waals surface area contributed by atoms with Crippen molar-refractivity contribution in [2.45, 2.75) is 17.0 Å². The number of hydroxylamine groups is 1. The molecule has 0 spiro atoms. The van der Waals surface area contributed by atoms with Crippen molar-refractivity contribution in [3.05, 3.63) is 22.2 Å². The van der Waals surface area contributed by atoms with Crippen LogP contribution < -0.4 is 5.32 Å². The van der Waals surface area contributed by atoms with Gasteiger partial charge in [-0.2, -0.15) is 0 Å². The zero-order valence-electron chi connectivity index (χ0n) is 12.4. The topological polar surface area (TPSA) is 122 Å².